The molecule has 4 aromatic rings. The first-order valence-electron chi connectivity index (χ1n) is 15.6. The van der Waals surface area contributed by atoms with Crippen LogP contribution in [0.4, 0.5) is 5.69 Å². The van der Waals surface area contributed by atoms with E-state index in [0.717, 1.165) is 26.6 Å². The highest BCUT2D eigenvalue weighted by Gasteiger charge is 2.35. The van der Waals surface area contributed by atoms with Crippen molar-refractivity contribution in [3.05, 3.63) is 131 Å². The van der Waals surface area contributed by atoms with Crippen LogP contribution >= 0.6 is 0 Å². The van der Waals surface area contributed by atoms with E-state index < -0.39 is 34.1 Å². The van der Waals surface area contributed by atoms with Crippen LogP contribution in [0.5, 0.6) is 0 Å². The Hall–Kier alpha value is -4.43. The first-order valence-corrected chi connectivity index (χ1v) is 17.1. The molecule has 0 aliphatic heterocycles. The zero-order valence-electron chi connectivity index (χ0n) is 27.6. The normalized spacial score (nSPS) is 12.4. The second kappa shape index (κ2) is 14.8. The largest absolute Gasteiger partial charge is 0.350 e. The van der Waals surface area contributed by atoms with Crippen molar-refractivity contribution in [2.75, 3.05) is 10.8 Å². The number of carbonyl (C=O) groups excluding carboxylic acids is 2. The molecule has 4 rings (SSSR count). The number of sulfonamides is 1. The molecule has 0 spiro atoms. The standard InChI is InChI=1S/C38H45N3O4S/c1-28(2)32-21-23-33(24-22-32)41(46(44,45)34-15-11-8-12-16-34)27-36(42)40(26-31-19-17-29(3)18-20-31)35(37(43)39-38(4,5)6)25-30-13-9-7-10-14-30/h7-24,28,35H,25-27H2,1-6H3,(H,39,43)/t35-/m1/s1. The molecule has 46 heavy (non-hydrogen) atoms. The van der Waals surface area contributed by atoms with E-state index in [-0.39, 0.29) is 29.7 Å². The molecule has 242 valence electrons. The Balaban J connectivity index is 1.81. The van der Waals surface area contributed by atoms with Gasteiger partial charge in [-0.05, 0) is 74.6 Å². The smallest absolute Gasteiger partial charge is 0.264 e. The molecule has 0 aliphatic carbocycles. The predicted octanol–water partition coefficient (Wildman–Crippen LogP) is 6.87. The van der Waals surface area contributed by atoms with Crippen molar-refractivity contribution in [1.82, 2.24) is 10.2 Å². The van der Waals surface area contributed by atoms with E-state index in [0.29, 0.717) is 5.69 Å². The minimum atomic E-state index is -4.14. The van der Waals surface area contributed by atoms with Crippen LogP contribution in [-0.4, -0.2) is 43.3 Å². The van der Waals surface area contributed by atoms with Gasteiger partial charge in [-0.2, -0.15) is 0 Å². The molecule has 4 aromatic carbocycles. The fourth-order valence-corrected chi connectivity index (χ4v) is 6.61. The van der Waals surface area contributed by atoms with Crippen molar-refractivity contribution < 1.29 is 18.0 Å². The van der Waals surface area contributed by atoms with Crippen LogP contribution in [-0.2, 0) is 32.6 Å². The summed E-state index contributed by atoms with van der Waals surface area (Å²) < 4.78 is 29.5. The summed E-state index contributed by atoms with van der Waals surface area (Å²) in [6.07, 6.45) is 0.259. The molecule has 0 bridgehead atoms. The number of anilines is 1. The Kier molecular flexibility index (Phi) is 11.1. The van der Waals surface area contributed by atoms with Crippen LogP contribution in [0, 0.1) is 6.92 Å². The highest BCUT2D eigenvalue weighted by Crippen LogP contribution is 2.27. The Morgan fingerprint density at radius 3 is 1.87 bits per heavy atom. The van der Waals surface area contributed by atoms with Crippen LogP contribution in [0.2, 0.25) is 0 Å². The van der Waals surface area contributed by atoms with E-state index in [9.17, 15) is 18.0 Å². The summed E-state index contributed by atoms with van der Waals surface area (Å²) >= 11 is 0. The van der Waals surface area contributed by atoms with Gasteiger partial charge in [-0.25, -0.2) is 8.42 Å². The molecule has 0 saturated heterocycles. The van der Waals surface area contributed by atoms with Crippen molar-refractivity contribution in [2.24, 2.45) is 0 Å². The third kappa shape index (κ3) is 9.07. The summed E-state index contributed by atoms with van der Waals surface area (Å²) in [5.74, 6) is -0.548. The summed E-state index contributed by atoms with van der Waals surface area (Å²) in [7, 11) is -4.14. The minimum Gasteiger partial charge on any atom is -0.350 e. The van der Waals surface area contributed by atoms with Crippen molar-refractivity contribution in [3.8, 4) is 0 Å². The summed E-state index contributed by atoms with van der Waals surface area (Å²) in [6.45, 7) is 11.4. The molecule has 7 nitrogen and oxygen atoms in total. The lowest BCUT2D eigenvalue weighted by Gasteiger charge is -2.35. The quantitative estimate of drug-likeness (QED) is 0.183. The maximum Gasteiger partial charge on any atom is 0.264 e. The molecule has 1 N–H and O–H groups in total. The van der Waals surface area contributed by atoms with Crippen LogP contribution in [0.3, 0.4) is 0 Å². The fraction of sp³-hybridized carbons (Fsp3) is 0.316. The summed E-state index contributed by atoms with van der Waals surface area (Å²) in [4.78, 5) is 30.2. The maximum absolute atomic E-state index is 14.6. The second-order valence-corrected chi connectivity index (χ2v) is 14.9. The van der Waals surface area contributed by atoms with E-state index in [1.54, 1.807) is 30.3 Å². The number of nitrogens with one attached hydrogen (secondary N) is 1. The van der Waals surface area contributed by atoms with Gasteiger partial charge in [0.15, 0.2) is 0 Å². The molecule has 0 saturated carbocycles. The highest BCUT2D eigenvalue weighted by molar-refractivity contribution is 7.92. The highest BCUT2D eigenvalue weighted by atomic mass is 32.2. The van der Waals surface area contributed by atoms with Gasteiger partial charge in [0.2, 0.25) is 11.8 Å². The number of hydrogen-bond acceptors (Lipinski definition) is 4. The Bertz CT molecular complexity index is 1700. The molecule has 8 heteroatoms. The van der Waals surface area contributed by atoms with Gasteiger partial charge < -0.3 is 10.2 Å². The topological polar surface area (TPSA) is 86.8 Å². The molecule has 0 fully saturated rings. The van der Waals surface area contributed by atoms with Crippen molar-refractivity contribution in [1.29, 1.82) is 0 Å². The Labute approximate surface area is 274 Å². The third-order valence-corrected chi connectivity index (χ3v) is 9.49. The lowest BCUT2D eigenvalue weighted by atomic mass is 10.0. The van der Waals surface area contributed by atoms with E-state index in [1.807, 2.05) is 94.4 Å². The van der Waals surface area contributed by atoms with Crippen molar-refractivity contribution in [2.45, 2.75) is 76.9 Å². The average Bonchev–Trinajstić information content (AvgIpc) is 3.02. The van der Waals surface area contributed by atoms with Gasteiger partial charge >= 0.3 is 0 Å². The summed E-state index contributed by atoms with van der Waals surface area (Å²) in [6, 6.07) is 31.8. The Morgan fingerprint density at radius 2 is 1.33 bits per heavy atom. The average molecular weight is 640 g/mol. The molecule has 0 heterocycles. The molecule has 0 radical (unpaired) electrons. The third-order valence-electron chi connectivity index (χ3n) is 7.70. The number of carbonyl (C=O) groups is 2. The van der Waals surface area contributed by atoms with Gasteiger partial charge in [0.05, 0.1) is 10.6 Å². The molecule has 0 aliphatic rings. The monoisotopic (exact) mass is 639 g/mol. The van der Waals surface area contributed by atoms with Crippen LogP contribution in [0.1, 0.15) is 62.8 Å². The van der Waals surface area contributed by atoms with Gasteiger partial charge in [-0.3, -0.25) is 13.9 Å². The lowest BCUT2D eigenvalue weighted by Crippen LogP contribution is -2.56. The lowest BCUT2D eigenvalue weighted by molar-refractivity contribution is -0.140. The molecule has 0 aromatic heterocycles. The van der Waals surface area contributed by atoms with E-state index >= 15 is 0 Å². The number of hydrogen-bond donors (Lipinski definition) is 1. The number of benzene rings is 4. The Morgan fingerprint density at radius 1 is 0.761 bits per heavy atom. The summed E-state index contributed by atoms with van der Waals surface area (Å²) in [5, 5.41) is 3.06. The van der Waals surface area contributed by atoms with Gasteiger partial charge in [-0.15, -0.1) is 0 Å². The van der Waals surface area contributed by atoms with Gasteiger partial charge in [0, 0.05) is 18.5 Å². The molecule has 0 unspecified atom stereocenters. The first kappa shape index (κ1) is 34.4. The second-order valence-electron chi connectivity index (χ2n) is 13.0. The van der Waals surface area contributed by atoms with E-state index in [2.05, 4.69) is 19.2 Å². The first-order chi connectivity index (χ1) is 21.7. The van der Waals surface area contributed by atoms with Crippen LogP contribution in [0.15, 0.2) is 114 Å². The maximum atomic E-state index is 14.6. The van der Waals surface area contributed by atoms with Gasteiger partial charge in [0.25, 0.3) is 10.0 Å². The zero-order chi connectivity index (χ0) is 33.5. The van der Waals surface area contributed by atoms with Crippen LogP contribution < -0.4 is 9.62 Å². The molecule has 2 amide bonds. The van der Waals surface area contributed by atoms with Crippen molar-refractivity contribution >= 4 is 27.5 Å². The molecule has 1 atom stereocenters. The summed E-state index contributed by atoms with van der Waals surface area (Å²) in [5.41, 5.74) is 3.66. The number of aryl methyl sites for hydroxylation is 1. The molecular weight excluding hydrogens is 595 g/mol. The fourth-order valence-electron chi connectivity index (χ4n) is 5.17. The van der Waals surface area contributed by atoms with Crippen LogP contribution in [0.25, 0.3) is 0 Å². The van der Waals surface area contributed by atoms with Crippen molar-refractivity contribution in [3.63, 3.8) is 0 Å². The number of nitrogens with zero attached hydrogens (tertiary/aromatic N) is 2. The van der Waals surface area contributed by atoms with E-state index in [4.69, 9.17) is 0 Å². The zero-order valence-corrected chi connectivity index (χ0v) is 28.4. The van der Waals surface area contributed by atoms with E-state index in [1.165, 1.54) is 17.0 Å². The van der Waals surface area contributed by atoms with Gasteiger partial charge in [0.1, 0.15) is 12.6 Å². The molecular formula is C38H45N3O4S. The predicted molar refractivity (Wildman–Crippen MR) is 185 cm³/mol. The van der Waals surface area contributed by atoms with Gasteiger partial charge in [-0.1, -0.05) is 104 Å². The minimum absolute atomic E-state index is 0.0760. The number of rotatable bonds is 12. The SMILES string of the molecule is Cc1ccc(CN(C(=O)CN(c2ccc(C(C)C)cc2)S(=O)(=O)c2ccccc2)[C@H](Cc2ccccc2)C(=O)NC(C)(C)C)cc1. The number of amides is 2.